The number of hydrogen-bond donors (Lipinski definition) is 1. The van der Waals surface area contributed by atoms with Gasteiger partial charge in [-0.1, -0.05) is 29.4 Å². The van der Waals surface area contributed by atoms with Crippen LogP contribution in [-0.4, -0.2) is 40.5 Å². The minimum absolute atomic E-state index is 0.132. The summed E-state index contributed by atoms with van der Waals surface area (Å²) in [4.78, 5) is 32.4. The van der Waals surface area contributed by atoms with Crippen molar-refractivity contribution in [2.75, 3.05) is 13.7 Å². The summed E-state index contributed by atoms with van der Waals surface area (Å²) in [5.74, 6) is -3.31. The molecular weight excluding hydrogens is 357 g/mol. The summed E-state index contributed by atoms with van der Waals surface area (Å²) < 4.78 is 41.6. The molecule has 0 radical (unpaired) electrons. The summed E-state index contributed by atoms with van der Waals surface area (Å²) in [6.07, 6.45) is -4.71. The van der Waals surface area contributed by atoms with E-state index in [1.807, 2.05) is 5.48 Å². The first-order valence-electron chi connectivity index (χ1n) is 7.38. The molecule has 2 rings (SSSR count). The van der Waals surface area contributed by atoms with Gasteiger partial charge in [0, 0.05) is 18.7 Å². The number of halogens is 3. The molecule has 0 spiro atoms. The van der Waals surface area contributed by atoms with Gasteiger partial charge in [-0.25, -0.2) is 5.48 Å². The Hall–Kier alpha value is -2.95. The van der Waals surface area contributed by atoms with E-state index in [0.717, 1.165) is 0 Å². The van der Waals surface area contributed by atoms with E-state index in [-0.39, 0.29) is 18.9 Å². The second-order valence-corrected chi connectivity index (χ2v) is 5.07. The van der Waals surface area contributed by atoms with Crippen LogP contribution in [0.2, 0.25) is 0 Å². The smallest absolute Gasteiger partial charge is 0.330 e. The van der Waals surface area contributed by atoms with Gasteiger partial charge in [0.25, 0.3) is 0 Å². The number of rotatable bonds is 5. The van der Waals surface area contributed by atoms with Crippen LogP contribution in [0.3, 0.4) is 0 Å². The maximum Gasteiger partial charge on any atom is 0.471 e. The topological polar surface area (TPSA) is 97.6 Å². The number of amides is 2. The van der Waals surface area contributed by atoms with Crippen molar-refractivity contribution < 1.29 is 32.1 Å². The van der Waals surface area contributed by atoms with Crippen LogP contribution in [0.25, 0.3) is 11.4 Å². The van der Waals surface area contributed by atoms with E-state index < -0.39 is 23.9 Å². The van der Waals surface area contributed by atoms with Gasteiger partial charge in [-0.2, -0.15) is 18.2 Å². The SMILES string of the molecule is CCN(Cc1ccc(-c2noc(C(F)(F)F)n2)cc1)C(=O)C(=O)NOC. The van der Waals surface area contributed by atoms with Gasteiger partial charge in [-0.3, -0.25) is 14.4 Å². The number of alkyl halides is 3. The normalized spacial score (nSPS) is 11.3. The molecule has 0 aliphatic rings. The molecule has 26 heavy (non-hydrogen) atoms. The number of carbonyl (C=O) groups is 2. The number of benzene rings is 1. The van der Waals surface area contributed by atoms with Gasteiger partial charge < -0.3 is 9.42 Å². The zero-order valence-corrected chi connectivity index (χ0v) is 13.8. The number of carbonyl (C=O) groups excluding carboxylic acids is 2. The summed E-state index contributed by atoms with van der Waals surface area (Å²) in [6.45, 7) is 2.11. The van der Waals surface area contributed by atoms with Gasteiger partial charge in [0.05, 0.1) is 7.11 Å². The van der Waals surface area contributed by atoms with Crippen LogP contribution in [0.15, 0.2) is 28.8 Å². The van der Waals surface area contributed by atoms with Crippen LogP contribution < -0.4 is 5.48 Å². The zero-order chi connectivity index (χ0) is 19.3. The molecule has 0 saturated heterocycles. The van der Waals surface area contributed by atoms with Crippen molar-refractivity contribution in [2.24, 2.45) is 0 Å². The number of nitrogens with one attached hydrogen (secondary N) is 1. The van der Waals surface area contributed by atoms with Crippen molar-refractivity contribution in [3.8, 4) is 11.4 Å². The minimum Gasteiger partial charge on any atom is -0.330 e. The predicted octanol–water partition coefficient (Wildman–Crippen LogP) is 1.78. The molecule has 0 aliphatic heterocycles. The summed E-state index contributed by atoms with van der Waals surface area (Å²) in [6, 6.07) is 6.16. The predicted molar refractivity (Wildman–Crippen MR) is 81.0 cm³/mol. The fourth-order valence-electron chi connectivity index (χ4n) is 2.04. The Bertz CT molecular complexity index is 774. The zero-order valence-electron chi connectivity index (χ0n) is 13.8. The van der Waals surface area contributed by atoms with E-state index in [9.17, 15) is 22.8 Å². The van der Waals surface area contributed by atoms with Crippen molar-refractivity contribution in [3.05, 3.63) is 35.7 Å². The first kappa shape index (κ1) is 19.4. The average molecular weight is 372 g/mol. The van der Waals surface area contributed by atoms with E-state index in [0.29, 0.717) is 11.1 Å². The Balaban J connectivity index is 2.10. The molecule has 0 bridgehead atoms. The maximum absolute atomic E-state index is 12.5. The van der Waals surface area contributed by atoms with Crippen molar-refractivity contribution in [1.82, 2.24) is 20.5 Å². The summed E-state index contributed by atoms with van der Waals surface area (Å²) in [7, 11) is 1.21. The second kappa shape index (κ2) is 7.95. The van der Waals surface area contributed by atoms with Gasteiger partial charge >= 0.3 is 23.9 Å². The molecule has 8 nitrogen and oxygen atoms in total. The maximum atomic E-state index is 12.5. The molecule has 0 fully saturated rings. The number of aromatic nitrogens is 2. The highest BCUT2D eigenvalue weighted by Crippen LogP contribution is 2.29. The van der Waals surface area contributed by atoms with E-state index in [2.05, 4.69) is 19.5 Å². The highest BCUT2D eigenvalue weighted by molar-refractivity contribution is 6.34. The molecule has 2 aromatic rings. The van der Waals surface area contributed by atoms with Gasteiger partial charge in [0.15, 0.2) is 0 Å². The summed E-state index contributed by atoms with van der Waals surface area (Å²) >= 11 is 0. The lowest BCUT2D eigenvalue weighted by Crippen LogP contribution is -2.42. The molecular formula is C15H15F3N4O4. The number of hydrogen-bond acceptors (Lipinski definition) is 6. The third-order valence-electron chi connectivity index (χ3n) is 3.31. The highest BCUT2D eigenvalue weighted by Gasteiger charge is 2.38. The molecule has 0 atom stereocenters. The van der Waals surface area contributed by atoms with E-state index in [1.165, 1.54) is 24.1 Å². The summed E-state index contributed by atoms with van der Waals surface area (Å²) in [5.41, 5.74) is 2.92. The van der Waals surface area contributed by atoms with Crippen molar-refractivity contribution >= 4 is 11.8 Å². The van der Waals surface area contributed by atoms with Crippen LogP contribution in [0.4, 0.5) is 13.2 Å². The first-order valence-corrected chi connectivity index (χ1v) is 7.38. The average Bonchev–Trinajstić information content (AvgIpc) is 3.10. The molecule has 0 saturated carbocycles. The molecule has 11 heteroatoms. The Morgan fingerprint density at radius 1 is 1.27 bits per heavy atom. The Kier molecular flexibility index (Phi) is 5.93. The number of nitrogens with zero attached hydrogens (tertiary/aromatic N) is 3. The largest absolute Gasteiger partial charge is 0.471 e. The number of likely N-dealkylation sites (N-methyl/N-ethyl adjacent to an activating group) is 1. The fourth-order valence-corrected chi connectivity index (χ4v) is 2.04. The molecule has 1 heterocycles. The van der Waals surface area contributed by atoms with Gasteiger partial charge in [-0.05, 0) is 12.5 Å². The lowest BCUT2D eigenvalue weighted by molar-refractivity contribution is -0.159. The lowest BCUT2D eigenvalue weighted by atomic mass is 10.1. The molecule has 2 amide bonds. The van der Waals surface area contributed by atoms with E-state index in [1.54, 1.807) is 19.1 Å². The van der Waals surface area contributed by atoms with Crippen LogP contribution >= 0.6 is 0 Å². The molecule has 0 unspecified atom stereocenters. The molecule has 1 N–H and O–H groups in total. The Labute approximate surface area is 145 Å². The van der Waals surface area contributed by atoms with Crippen molar-refractivity contribution in [3.63, 3.8) is 0 Å². The molecule has 0 aliphatic carbocycles. The van der Waals surface area contributed by atoms with Gasteiger partial charge in [0.1, 0.15) is 0 Å². The fraction of sp³-hybridized carbons (Fsp3) is 0.333. The minimum atomic E-state index is -4.71. The Morgan fingerprint density at radius 3 is 2.42 bits per heavy atom. The van der Waals surface area contributed by atoms with Crippen molar-refractivity contribution in [1.29, 1.82) is 0 Å². The second-order valence-electron chi connectivity index (χ2n) is 5.07. The van der Waals surface area contributed by atoms with Gasteiger partial charge in [-0.15, -0.1) is 0 Å². The number of hydroxylamine groups is 1. The Morgan fingerprint density at radius 2 is 1.92 bits per heavy atom. The van der Waals surface area contributed by atoms with E-state index in [4.69, 9.17) is 0 Å². The first-order chi connectivity index (χ1) is 12.3. The van der Waals surface area contributed by atoms with Crippen LogP contribution in [-0.2, 0) is 27.1 Å². The third kappa shape index (κ3) is 4.57. The summed E-state index contributed by atoms with van der Waals surface area (Å²) in [5, 5.41) is 3.29. The van der Waals surface area contributed by atoms with Crippen molar-refractivity contribution in [2.45, 2.75) is 19.6 Å². The quantitative estimate of drug-likeness (QED) is 0.635. The third-order valence-corrected chi connectivity index (χ3v) is 3.31. The van der Waals surface area contributed by atoms with E-state index >= 15 is 0 Å². The molecule has 1 aromatic heterocycles. The molecule has 1 aromatic carbocycles. The van der Waals surface area contributed by atoms with Crippen LogP contribution in [0, 0.1) is 0 Å². The van der Waals surface area contributed by atoms with Gasteiger partial charge in [0.2, 0.25) is 5.82 Å². The standard InChI is InChI=1S/C15H15F3N4O4/c1-3-22(13(24)12(23)21-25-2)8-9-4-6-10(7-5-9)11-19-14(26-20-11)15(16,17)18/h4-7H,3,8H2,1-2H3,(H,21,23). The van der Waals surface area contributed by atoms with Crippen LogP contribution in [0.1, 0.15) is 18.4 Å². The molecule has 140 valence electrons. The highest BCUT2D eigenvalue weighted by atomic mass is 19.4. The lowest BCUT2D eigenvalue weighted by Gasteiger charge is -2.20. The monoisotopic (exact) mass is 372 g/mol. The van der Waals surface area contributed by atoms with Crippen LogP contribution in [0.5, 0.6) is 0 Å².